The second-order valence-electron chi connectivity index (χ2n) is 4.47. The molecule has 2 N–H and O–H groups in total. The molecule has 0 aromatic heterocycles. The van der Waals surface area contributed by atoms with Crippen molar-refractivity contribution in [1.29, 1.82) is 0 Å². The van der Waals surface area contributed by atoms with Gasteiger partial charge < -0.3 is 10.6 Å². The Morgan fingerprint density at radius 3 is 2.35 bits per heavy atom. The van der Waals surface area contributed by atoms with Gasteiger partial charge in [0.2, 0.25) is 0 Å². The number of benzene rings is 2. The zero-order valence-corrected chi connectivity index (χ0v) is 10.3. The number of anilines is 1. The van der Waals surface area contributed by atoms with E-state index in [0.717, 1.165) is 12.1 Å². The van der Waals surface area contributed by atoms with E-state index < -0.39 is 0 Å². The number of hydrogen-bond donors (Lipinski definition) is 1. The Hall–Kier alpha value is -1.80. The van der Waals surface area contributed by atoms with Crippen molar-refractivity contribution in [3.05, 3.63) is 54.1 Å². The molecule has 0 aliphatic rings. The maximum absolute atomic E-state index is 5.73. The summed E-state index contributed by atoms with van der Waals surface area (Å²) in [7, 11) is 4.14. The maximum Gasteiger partial charge on any atom is 0.0400 e. The molecule has 0 aliphatic heterocycles. The molecule has 0 unspecified atom stereocenters. The average Bonchev–Trinajstić information content (AvgIpc) is 2.29. The van der Waals surface area contributed by atoms with Gasteiger partial charge in [0.25, 0.3) is 0 Å². The van der Waals surface area contributed by atoms with E-state index in [2.05, 4.69) is 49.3 Å². The van der Waals surface area contributed by atoms with Crippen LogP contribution in [0.15, 0.2) is 42.5 Å². The largest absolute Gasteiger partial charge is 0.398 e. The maximum atomic E-state index is 5.73. The molecule has 0 heterocycles. The van der Waals surface area contributed by atoms with Crippen LogP contribution >= 0.6 is 0 Å². The van der Waals surface area contributed by atoms with Gasteiger partial charge in [-0.2, -0.15) is 0 Å². The zero-order chi connectivity index (χ0) is 12.3. The van der Waals surface area contributed by atoms with E-state index in [1.165, 1.54) is 11.1 Å². The fourth-order valence-electron chi connectivity index (χ4n) is 1.83. The predicted molar refractivity (Wildman–Crippen MR) is 72.5 cm³/mol. The normalized spacial score (nSPS) is 10.8. The van der Waals surface area contributed by atoms with Crippen LogP contribution in [0.4, 0.5) is 5.69 Å². The molecule has 2 rings (SSSR count). The summed E-state index contributed by atoms with van der Waals surface area (Å²) in [5, 5.41) is 0. The van der Waals surface area contributed by atoms with Crippen LogP contribution in [0.3, 0.4) is 0 Å². The first-order valence-corrected chi connectivity index (χ1v) is 5.66. The van der Waals surface area contributed by atoms with Crippen LogP contribution in [-0.2, 0) is 6.54 Å². The van der Waals surface area contributed by atoms with Crippen LogP contribution in [0, 0.1) is 6.07 Å². The van der Waals surface area contributed by atoms with Crippen LogP contribution in [0.25, 0.3) is 11.1 Å². The highest BCUT2D eigenvalue weighted by Gasteiger charge is 1.99. The van der Waals surface area contributed by atoms with Crippen LogP contribution < -0.4 is 5.73 Å². The summed E-state index contributed by atoms with van der Waals surface area (Å²) in [5.74, 6) is 0. The minimum absolute atomic E-state index is 0.680. The molecule has 0 fully saturated rings. The highest BCUT2D eigenvalue weighted by atomic mass is 15.0. The highest BCUT2D eigenvalue weighted by molar-refractivity contribution is 5.67. The van der Waals surface area contributed by atoms with Crippen LogP contribution in [0.2, 0.25) is 0 Å². The van der Waals surface area contributed by atoms with Crippen molar-refractivity contribution in [1.82, 2.24) is 4.90 Å². The van der Waals surface area contributed by atoms with E-state index >= 15 is 0 Å². The smallest absolute Gasteiger partial charge is 0.0400 e. The van der Waals surface area contributed by atoms with Crippen molar-refractivity contribution in [2.24, 2.45) is 0 Å². The molecular formula is C15H17N2. The molecule has 0 saturated carbocycles. The van der Waals surface area contributed by atoms with Crippen LogP contribution in [0.5, 0.6) is 0 Å². The second kappa shape index (κ2) is 5.02. The summed E-state index contributed by atoms with van der Waals surface area (Å²) in [6.07, 6.45) is 0. The van der Waals surface area contributed by atoms with Gasteiger partial charge >= 0.3 is 0 Å². The first-order chi connectivity index (χ1) is 8.15. The fraction of sp³-hybridized carbons (Fsp3) is 0.200. The Kier molecular flexibility index (Phi) is 3.45. The fourth-order valence-corrected chi connectivity index (χ4v) is 1.83. The first-order valence-electron chi connectivity index (χ1n) is 5.66. The molecule has 0 saturated heterocycles. The molecule has 0 amide bonds. The summed E-state index contributed by atoms with van der Waals surface area (Å²) in [6.45, 7) is 0.963. The van der Waals surface area contributed by atoms with E-state index in [4.69, 9.17) is 5.73 Å². The molecule has 87 valence electrons. The third kappa shape index (κ3) is 3.08. The number of nitrogen functional groups attached to an aromatic ring is 1. The molecule has 2 aromatic carbocycles. The molecule has 17 heavy (non-hydrogen) atoms. The van der Waals surface area contributed by atoms with Crippen molar-refractivity contribution in [3.63, 3.8) is 0 Å². The van der Waals surface area contributed by atoms with Gasteiger partial charge in [-0.1, -0.05) is 36.4 Å². The second-order valence-corrected chi connectivity index (χ2v) is 4.47. The molecular weight excluding hydrogens is 208 g/mol. The summed E-state index contributed by atoms with van der Waals surface area (Å²) >= 11 is 0. The van der Waals surface area contributed by atoms with Gasteiger partial charge in [-0.3, -0.25) is 0 Å². The summed E-state index contributed by atoms with van der Waals surface area (Å²) in [5.41, 5.74) is 10.0. The molecule has 2 heteroatoms. The third-order valence-electron chi connectivity index (χ3n) is 2.61. The minimum Gasteiger partial charge on any atom is -0.398 e. The summed E-state index contributed by atoms with van der Waals surface area (Å²) < 4.78 is 0. The quantitative estimate of drug-likeness (QED) is 0.814. The minimum atomic E-state index is 0.680. The lowest BCUT2D eigenvalue weighted by Gasteiger charge is -2.10. The van der Waals surface area contributed by atoms with Crippen molar-refractivity contribution in [2.75, 3.05) is 19.8 Å². The molecule has 1 radical (unpaired) electrons. The van der Waals surface area contributed by atoms with Crippen molar-refractivity contribution >= 4 is 5.69 Å². The van der Waals surface area contributed by atoms with E-state index in [1.807, 2.05) is 18.2 Å². The SMILES string of the molecule is CN(C)Cc1ccc(-c2cc[c]c(N)c2)cc1. The van der Waals surface area contributed by atoms with Gasteiger partial charge in [0, 0.05) is 18.3 Å². The standard InChI is InChI=1S/C15H17N2/c1-17(2)11-12-6-8-13(9-7-12)14-4-3-5-15(16)10-14/h3-4,6-10H,11,16H2,1-2H3. The molecule has 0 spiro atoms. The average molecular weight is 225 g/mol. The van der Waals surface area contributed by atoms with Gasteiger partial charge in [-0.25, -0.2) is 0 Å². The van der Waals surface area contributed by atoms with Crippen LogP contribution in [-0.4, -0.2) is 19.0 Å². The number of hydrogen-bond acceptors (Lipinski definition) is 2. The number of nitrogens with zero attached hydrogens (tertiary/aromatic N) is 1. The van der Waals surface area contributed by atoms with Crippen molar-refractivity contribution < 1.29 is 0 Å². The van der Waals surface area contributed by atoms with Crippen LogP contribution in [0.1, 0.15) is 5.56 Å². The van der Waals surface area contributed by atoms with Gasteiger partial charge in [0.05, 0.1) is 0 Å². The highest BCUT2D eigenvalue weighted by Crippen LogP contribution is 2.21. The van der Waals surface area contributed by atoms with Gasteiger partial charge in [0.1, 0.15) is 0 Å². The molecule has 0 aliphatic carbocycles. The first kappa shape index (κ1) is 11.7. The lowest BCUT2D eigenvalue weighted by Crippen LogP contribution is -2.10. The van der Waals surface area contributed by atoms with E-state index in [0.29, 0.717) is 5.69 Å². The zero-order valence-electron chi connectivity index (χ0n) is 10.3. The van der Waals surface area contributed by atoms with Gasteiger partial charge in [0.15, 0.2) is 0 Å². The lowest BCUT2D eigenvalue weighted by molar-refractivity contribution is 0.402. The Labute approximate surface area is 103 Å². The molecule has 2 aromatic rings. The summed E-state index contributed by atoms with van der Waals surface area (Å²) in [6, 6.07) is 17.4. The van der Waals surface area contributed by atoms with Crippen molar-refractivity contribution in [3.8, 4) is 11.1 Å². The van der Waals surface area contributed by atoms with E-state index in [1.54, 1.807) is 0 Å². The number of nitrogens with two attached hydrogens (primary N) is 1. The molecule has 2 nitrogen and oxygen atoms in total. The number of rotatable bonds is 3. The predicted octanol–water partition coefficient (Wildman–Crippen LogP) is 2.80. The molecule has 0 atom stereocenters. The van der Waals surface area contributed by atoms with Gasteiger partial charge in [-0.05, 0) is 36.9 Å². The Bertz CT molecular complexity index is 487. The topological polar surface area (TPSA) is 29.3 Å². The molecule has 0 bridgehead atoms. The Morgan fingerprint density at radius 1 is 1.06 bits per heavy atom. The van der Waals surface area contributed by atoms with E-state index in [9.17, 15) is 0 Å². The van der Waals surface area contributed by atoms with Gasteiger partial charge in [-0.15, -0.1) is 0 Å². The Morgan fingerprint density at radius 2 is 1.76 bits per heavy atom. The van der Waals surface area contributed by atoms with E-state index in [-0.39, 0.29) is 0 Å². The monoisotopic (exact) mass is 225 g/mol. The van der Waals surface area contributed by atoms with Crippen molar-refractivity contribution in [2.45, 2.75) is 6.54 Å². The Balaban J connectivity index is 2.23. The lowest BCUT2D eigenvalue weighted by atomic mass is 10.0. The summed E-state index contributed by atoms with van der Waals surface area (Å²) in [4.78, 5) is 2.16. The third-order valence-corrected chi connectivity index (χ3v) is 2.61.